The predicted octanol–water partition coefficient (Wildman–Crippen LogP) is -0.999. The molecule has 0 aromatic rings. The molecule has 12 heteroatoms. The van der Waals surface area contributed by atoms with Crippen molar-refractivity contribution in [3.63, 3.8) is 0 Å². The van der Waals surface area contributed by atoms with Crippen LogP contribution in [-0.4, -0.2) is 131 Å². The van der Waals surface area contributed by atoms with Crippen LogP contribution in [0.4, 0.5) is 0 Å². The molecule has 0 unspecified atom stereocenters. The summed E-state index contributed by atoms with van der Waals surface area (Å²) in [5.74, 6) is -0.760. The van der Waals surface area contributed by atoms with E-state index >= 15 is 0 Å². The number of esters is 2. The van der Waals surface area contributed by atoms with E-state index in [0.717, 1.165) is 0 Å². The molecule has 0 aromatic carbocycles. The highest BCUT2D eigenvalue weighted by molar-refractivity contribution is 5.72. The summed E-state index contributed by atoms with van der Waals surface area (Å²) in [5, 5.41) is 5.73. The van der Waals surface area contributed by atoms with Gasteiger partial charge in [-0.1, -0.05) is 0 Å². The summed E-state index contributed by atoms with van der Waals surface area (Å²) in [6.45, 7) is 8.91. The molecule has 0 fully saturated rings. The second kappa shape index (κ2) is 26.9. The molecule has 0 rings (SSSR count). The first-order chi connectivity index (χ1) is 16.2. The standard InChI is InChI=1S/C21H42N2O10/c1-3-27-8-9-28-10-11-29-12-13-30-14-15-31-16-17-33-21(25)19-23-5-7-32-20(24)18-22-4-6-26-2/h22-23H,3-19H2,1-2H3. The average molecular weight is 483 g/mol. The van der Waals surface area contributed by atoms with Crippen molar-refractivity contribution in [2.45, 2.75) is 6.92 Å². The molecule has 0 bridgehead atoms. The van der Waals surface area contributed by atoms with Gasteiger partial charge >= 0.3 is 11.9 Å². The molecule has 0 atom stereocenters. The Hall–Kier alpha value is -1.38. The Morgan fingerprint density at radius 1 is 0.545 bits per heavy atom. The molecule has 2 N–H and O–H groups in total. The Labute approximate surface area is 196 Å². The van der Waals surface area contributed by atoms with Crippen LogP contribution in [0.25, 0.3) is 0 Å². The minimum absolute atomic E-state index is 0.0321. The number of rotatable bonds is 26. The Balaban J connectivity index is 3.22. The number of hydrogen-bond acceptors (Lipinski definition) is 12. The maximum Gasteiger partial charge on any atom is 0.320 e. The largest absolute Gasteiger partial charge is 0.463 e. The van der Waals surface area contributed by atoms with E-state index in [2.05, 4.69) is 10.6 Å². The smallest absolute Gasteiger partial charge is 0.320 e. The summed E-state index contributed by atoms with van der Waals surface area (Å²) in [6, 6.07) is 0. The summed E-state index contributed by atoms with van der Waals surface area (Å²) in [5.41, 5.74) is 0. The zero-order valence-electron chi connectivity index (χ0n) is 20.1. The summed E-state index contributed by atoms with van der Waals surface area (Å²) in [4.78, 5) is 23.0. The molecule has 12 nitrogen and oxygen atoms in total. The highest BCUT2D eigenvalue weighted by atomic mass is 16.6. The maximum absolute atomic E-state index is 11.6. The van der Waals surface area contributed by atoms with Gasteiger partial charge in [0.2, 0.25) is 0 Å². The Kier molecular flexibility index (Phi) is 25.7. The van der Waals surface area contributed by atoms with Gasteiger partial charge in [-0.15, -0.1) is 0 Å². The maximum atomic E-state index is 11.6. The lowest BCUT2D eigenvalue weighted by atomic mass is 10.5. The lowest BCUT2D eigenvalue weighted by Gasteiger charge is -2.09. The summed E-state index contributed by atoms with van der Waals surface area (Å²) in [6.07, 6.45) is 0. The molecule has 0 aromatic heterocycles. The molecule has 0 radical (unpaired) electrons. The third kappa shape index (κ3) is 26.8. The third-order valence-corrected chi connectivity index (χ3v) is 3.75. The molecule has 0 aliphatic rings. The SMILES string of the molecule is CCOCCOCCOCCOCCOCCOC(=O)CNCCOC(=O)CNCCOC. The van der Waals surface area contributed by atoms with Gasteiger partial charge in [-0.3, -0.25) is 9.59 Å². The van der Waals surface area contributed by atoms with E-state index in [1.807, 2.05) is 6.92 Å². The third-order valence-electron chi connectivity index (χ3n) is 3.75. The number of hydrogen-bond donors (Lipinski definition) is 2. The van der Waals surface area contributed by atoms with Crippen molar-refractivity contribution in [2.24, 2.45) is 0 Å². The van der Waals surface area contributed by atoms with E-state index in [1.54, 1.807) is 7.11 Å². The van der Waals surface area contributed by atoms with Crippen LogP contribution in [0, 0.1) is 0 Å². The van der Waals surface area contributed by atoms with Gasteiger partial charge in [-0.25, -0.2) is 0 Å². The van der Waals surface area contributed by atoms with Gasteiger partial charge in [0.15, 0.2) is 0 Å². The summed E-state index contributed by atoms with van der Waals surface area (Å²) in [7, 11) is 1.59. The van der Waals surface area contributed by atoms with Crippen LogP contribution >= 0.6 is 0 Å². The van der Waals surface area contributed by atoms with Crippen molar-refractivity contribution in [3.05, 3.63) is 0 Å². The highest BCUT2D eigenvalue weighted by Crippen LogP contribution is 1.85. The number of carbonyl (C=O) groups is 2. The molecular formula is C21H42N2O10. The topological polar surface area (TPSA) is 132 Å². The predicted molar refractivity (Wildman–Crippen MR) is 119 cm³/mol. The molecule has 0 spiro atoms. The van der Waals surface area contributed by atoms with Crippen molar-refractivity contribution in [1.29, 1.82) is 0 Å². The van der Waals surface area contributed by atoms with Gasteiger partial charge in [-0.2, -0.15) is 0 Å². The minimum Gasteiger partial charge on any atom is -0.463 e. The van der Waals surface area contributed by atoms with E-state index in [4.69, 9.17) is 37.9 Å². The van der Waals surface area contributed by atoms with Crippen LogP contribution < -0.4 is 10.6 Å². The first-order valence-corrected chi connectivity index (χ1v) is 11.3. The van der Waals surface area contributed by atoms with Crippen molar-refractivity contribution in [1.82, 2.24) is 10.6 Å². The molecule has 196 valence electrons. The first-order valence-electron chi connectivity index (χ1n) is 11.3. The van der Waals surface area contributed by atoms with Crippen LogP contribution in [0.5, 0.6) is 0 Å². The van der Waals surface area contributed by atoms with Gasteiger partial charge in [-0.05, 0) is 6.92 Å². The fourth-order valence-corrected chi connectivity index (χ4v) is 2.13. The fourth-order valence-electron chi connectivity index (χ4n) is 2.13. The molecule has 0 aliphatic heterocycles. The first kappa shape index (κ1) is 31.6. The lowest BCUT2D eigenvalue weighted by Crippen LogP contribution is -2.31. The summed E-state index contributed by atoms with van der Waals surface area (Å²) < 4.78 is 41.4. The van der Waals surface area contributed by atoms with Gasteiger partial charge in [0.25, 0.3) is 0 Å². The van der Waals surface area contributed by atoms with Crippen molar-refractivity contribution >= 4 is 11.9 Å². The van der Waals surface area contributed by atoms with Crippen LogP contribution in [0.3, 0.4) is 0 Å². The van der Waals surface area contributed by atoms with Crippen LogP contribution in [-0.2, 0) is 47.5 Å². The second-order valence-electron chi connectivity index (χ2n) is 6.43. The second-order valence-corrected chi connectivity index (χ2v) is 6.43. The number of ether oxygens (including phenoxy) is 8. The van der Waals surface area contributed by atoms with E-state index in [1.165, 1.54) is 0 Å². The monoisotopic (exact) mass is 482 g/mol. The lowest BCUT2D eigenvalue weighted by molar-refractivity contribution is -0.144. The summed E-state index contributed by atoms with van der Waals surface area (Å²) >= 11 is 0. The quantitative estimate of drug-likeness (QED) is 0.116. The van der Waals surface area contributed by atoms with Gasteiger partial charge < -0.3 is 48.5 Å². The normalized spacial score (nSPS) is 11.0. The number of nitrogens with one attached hydrogen (secondary N) is 2. The Morgan fingerprint density at radius 2 is 0.939 bits per heavy atom. The molecule has 0 saturated heterocycles. The van der Waals surface area contributed by atoms with Gasteiger partial charge in [0.1, 0.15) is 13.2 Å². The minimum atomic E-state index is -0.401. The highest BCUT2D eigenvalue weighted by Gasteiger charge is 2.04. The average Bonchev–Trinajstić information content (AvgIpc) is 2.81. The molecular weight excluding hydrogens is 440 g/mol. The molecule has 0 heterocycles. The van der Waals surface area contributed by atoms with Crippen LogP contribution in [0.15, 0.2) is 0 Å². The van der Waals surface area contributed by atoms with E-state index in [-0.39, 0.29) is 32.3 Å². The van der Waals surface area contributed by atoms with Gasteiger partial charge in [0, 0.05) is 26.8 Å². The zero-order chi connectivity index (χ0) is 24.2. The van der Waals surface area contributed by atoms with Crippen LogP contribution in [0.2, 0.25) is 0 Å². The van der Waals surface area contributed by atoms with E-state index in [9.17, 15) is 9.59 Å². The Morgan fingerprint density at radius 3 is 1.39 bits per heavy atom. The molecule has 33 heavy (non-hydrogen) atoms. The number of methoxy groups -OCH3 is 1. The van der Waals surface area contributed by atoms with Crippen LogP contribution in [0.1, 0.15) is 6.92 Å². The van der Waals surface area contributed by atoms with Crippen molar-refractivity contribution < 1.29 is 47.5 Å². The van der Waals surface area contributed by atoms with E-state index in [0.29, 0.717) is 85.8 Å². The van der Waals surface area contributed by atoms with E-state index < -0.39 is 5.97 Å². The zero-order valence-corrected chi connectivity index (χ0v) is 20.1. The number of carbonyl (C=O) groups excluding carboxylic acids is 2. The molecule has 0 aliphatic carbocycles. The van der Waals surface area contributed by atoms with Crippen molar-refractivity contribution in [3.8, 4) is 0 Å². The fraction of sp³-hybridized carbons (Fsp3) is 0.905. The van der Waals surface area contributed by atoms with Gasteiger partial charge in [0.05, 0.1) is 79.2 Å². The van der Waals surface area contributed by atoms with Crippen molar-refractivity contribution in [2.75, 3.05) is 119 Å². The molecule has 0 saturated carbocycles. The Bertz CT molecular complexity index is 443. The molecule has 0 amide bonds.